The number of likely N-dealkylation sites (tertiary alicyclic amines) is 1. The van der Waals surface area contributed by atoms with E-state index in [0.29, 0.717) is 17.9 Å². The molecule has 7 heteroatoms. The van der Waals surface area contributed by atoms with Crippen molar-refractivity contribution in [3.8, 4) is 5.75 Å². The zero-order valence-electron chi connectivity index (χ0n) is 16.3. The average Bonchev–Trinajstić information content (AvgIpc) is 3.29. The Bertz CT molecular complexity index is 890. The molecule has 2 heterocycles. The van der Waals surface area contributed by atoms with Gasteiger partial charge in [-0.2, -0.15) is 0 Å². The van der Waals surface area contributed by atoms with Crippen LogP contribution < -0.4 is 9.64 Å². The first kappa shape index (κ1) is 20.1. The summed E-state index contributed by atoms with van der Waals surface area (Å²) in [6.45, 7) is 1.35. The summed E-state index contributed by atoms with van der Waals surface area (Å²) in [6, 6.07) is 10.1. The minimum Gasteiger partial charge on any atom is -0.507 e. The number of carbonyl (C=O) groups is 2. The van der Waals surface area contributed by atoms with Gasteiger partial charge in [0.2, 0.25) is 0 Å². The monoisotopic (exact) mass is 401 g/mol. The smallest absolute Gasteiger partial charge is 0.295 e. The predicted octanol–water partition coefficient (Wildman–Crippen LogP) is 1.71. The number of benzene rings is 1. The third-order valence-corrected chi connectivity index (χ3v) is 5.70. The molecule has 0 radical (unpaired) electrons. The number of carbonyl (C=O) groups excluding carboxylic acids is 2. The molecule has 1 aliphatic heterocycles. The number of amides is 1. The lowest BCUT2D eigenvalue weighted by Crippen LogP contribution is -3.05. The summed E-state index contributed by atoms with van der Waals surface area (Å²) in [5, 5.41) is 12.9. The van der Waals surface area contributed by atoms with Gasteiger partial charge in [0.15, 0.2) is 0 Å². The Hall–Kier alpha value is -2.64. The summed E-state index contributed by atoms with van der Waals surface area (Å²) >= 11 is 1.47. The molecule has 2 N–H and O–H groups in total. The molecule has 2 aromatic rings. The highest BCUT2D eigenvalue weighted by molar-refractivity contribution is 7.10. The van der Waals surface area contributed by atoms with E-state index in [4.69, 9.17) is 4.74 Å². The van der Waals surface area contributed by atoms with Gasteiger partial charge in [-0.3, -0.25) is 9.59 Å². The van der Waals surface area contributed by atoms with E-state index in [2.05, 4.69) is 0 Å². The second-order valence-corrected chi connectivity index (χ2v) is 8.03. The van der Waals surface area contributed by atoms with Crippen LogP contribution in [0.4, 0.5) is 0 Å². The van der Waals surface area contributed by atoms with Crippen molar-refractivity contribution in [3.63, 3.8) is 0 Å². The van der Waals surface area contributed by atoms with E-state index in [9.17, 15) is 14.7 Å². The van der Waals surface area contributed by atoms with E-state index in [1.54, 1.807) is 29.2 Å². The van der Waals surface area contributed by atoms with Crippen LogP contribution >= 0.6 is 11.3 Å². The van der Waals surface area contributed by atoms with E-state index in [1.165, 1.54) is 23.3 Å². The van der Waals surface area contributed by atoms with Crippen molar-refractivity contribution in [2.45, 2.75) is 12.5 Å². The summed E-state index contributed by atoms with van der Waals surface area (Å²) in [6.07, 6.45) is 0.774. The summed E-state index contributed by atoms with van der Waals surface area (Å²) in [4.78, 5) is 29.3. The molecule has 6 nitrogen and oxygen atoms in total. The molecule has 28 heavy (non-hydrogen) atoms. The van der Waals surface area contributed by atoms with E-state index >= 15 is 0 Å². The predicted molar refractivity (Wildman–Crippen MR) is 109 cm³/mol. The number of rotatable bonds is 7. The number of ketones is 1. The fourth-order valence-electron chi connectivity index (χ4n) is 3.38. The Morgan fingerprint density at radius 2 is 2.04 bits per heavy atom. The van der Waals surface area contributed by atoms with Gasteiger partial charge in [0.1, 0.15) is 11.5 Å². The number of nitrogens with one attached hydrogen (secondary N) is 1. The van der Waals surface area contributed by atoms with Crippen molar-refractivity contribution >= 4 is 28.8 Å². The highest BCUT2D eigenvalue weighted by Gasteiger charge is 2.46. The molecule has 3 rings (SSSR count). The summed E-state index contributed by atoms with van der Waals surface area (Å²) in [5.74, 6) is -0.802. The fourth-order valence-corrected chi connectivity index (χ4v) is 4.23. The van der Waals surface area contributed by atoms with Gasteiger partial charge in [-0.1, -0.05) is 18.2 Å². The molecule has 0 saturated carbocycles. The molecule has 148 valence electrons. The van der Waals surface area contributed by atoms with Gasteiger partial charge in [-0.15, -0.1) is 11.3 Å². The highest BCUT2D eigenvalue weighted by Crippen LogP contribution is 2.41. The number of hydrogen-bond acceptors (Lipinski definition) is 5. The summed E-state index contributed by atoms with van der Waals surface area (Å²) < 4.78 is 5.22. The van der Waals surface area contributed by atoms with E-state index in [0.717, 1.165) is 17.8 Å². The number of aliphatic hydroxyl groups excluding tert-OH is 1. The van der Waals surface area contributed by atoms with E-state index in [-0.39, 0.29) is 11.3 Å². The first-order chi connectivity index (χ1) is 13.4. The molecule has 1 aromatic heterocycles. The lowest BCUT2D eigenvalue weighted by Gasteiger charge is -2.24. The second-order valence-electron chi connectivity index (χ2n) is 7.05. The first-order valence-electron chi connectivity index (χ1n) is 9.19. The standard InChI is InChI=1S/C21H24N2O4S/c1-22(2)10-6-11-23-18(16-9-5-12-28-16)17(20(25)21(23)26)19(24)14-7-4-8-15(13-14)27-3/h4-5,7-9,12-13,18,24H,6,10-11H2,1-3H3/p+1/t18-/m1/s1. The number of hydrogen-bond donors (Lipinski definition) is 2. The number of thiophene rings is 1. The van der Waals surface area contributed by atoms with Crippen molar-refractivity contribution in [3.05, 3.63) is 57.8 Å². The van der Waals surface area contributed by atoms with Crippen molar-refractivity contribution in [2.24, 2.45) is 0 Å². The number of quaternary nitrogens is 1. The van der Waals surface area contributed by atoms with Crippen LogP contribution in [-0.2, 0) is 9.59 Å². The minimum absolute atomic E-state index is 0.137. The van der Waals surface area contributed by atoms with Gasteiger partial charge in [0.25, 0.3) is 11.7 Å². The Labute approximate surface area is 168 Å². The maximum atomic E-state index is 12.8. The van der Waals surface area contributed by atoms with Crippen LogP contribution in [0.3, 0.4) is 0 Å². The molecule has 1 aromatic carbocycles. The average molecular weight is 402 g/mol. The van der Waals surface area contributed by atoms with Crippen LogP contribution in [0.1, 0.15) is 22.9 Å². The Kier molecular flexibility index (Phi) is 6.16. The van der Waals surface area contributed by atoms with Gasteiger partial charge in [0, 0.05) is 23.4 Å². The molecule has 1 fully saturated rings. The topological polar surface area (TPSA) is 71.3 Å². The lowest BCUT2D eigenvalue weighted by molar-refractivity contribution is -0.858. The molecule has 1 saturated heterocycles. The fraction of sp³-hybridized carbons (Fsp3) is 0.333. The summed E-state index contributed by atoms with van der Waals surface area (Å²) in [7, 11) is 5.64. The number of ether oxygens (including phenoxy) is 1. The third-order valence-electron chi connectivity index (χ3n) is 4.77. The molecular weight excluding hydrogens is 376 g/mol. The molecule has 0 unspecified atom stereocenters. The van der Waals surface area contributed by atoms with Crippen molar-refractivity contribution in [2.75, 3.05) is 34.3 Å². The van der Waals surface area contributed by atoms with Gasteiger partial charge >= 0.3 is 0 Å². The normalized spacial score (nSPS) is 18.9. The molecule has 0 spiro atoms. The number of nitrogens with zero attached hydrogens (tertiary/aromatic N) is 1. The Morgan fingerprint density at radius 1 is 1.25 bits per heavy atom. The third kappa shape index (κ3) is 3.95. The van der Waals surface area contributed by atoms with E-state index < -0.39 is 17.7 Å². The van der Waals surface area contributed by atoms with Crippen LogP contribution in [0.25, 0.3) is 5.76 Å². The first-order valence-corrected chi connectivity index (χ1v) is 10.1. The molecule has 0 aliphatic carbocycles. The van der Waals surface area contributed by atoms with Crippen molar-refractivity contribution < 1.29 is 24.3 Å². The van der Waals surface area contributed by atoms with Gasteiger partial charge in [0.05, 0.1) is 39.4 Å². The van der Waals surface area contributed by atoms with Crippen LogP contribution in [0.5, 0.6) is 5.75 Å². The maximum absolute atomic E-state index is 12.8. The highest BCUT2D eigenvalue weighted by atomic mass is 32.1. The Morgan fingerprint density at radius 3 is 2.68 bits per heavy atom. The van der Waals surface area contributed by atoms with Gasteiger partial charge in [-0.25, -0.2) is 0 Å². The zero-order chi connectivity index (χ0) is 20.3. The SMILES string of the molecule is COc1cccc(C(O)=C2C(=O)C(=O)N(CCC[NH+](C)C)[C@@H]2c2cccs2)c1. The zero-order valence-corrected chi connectivity index (χ0v) is 17.1. The van der Waals surface area contributed by atoms with Crippen molar-refractivity contribution in [1.29, 1.82) is 0 Å². The van der Waals surface area contributed by atoms with Gasteiger partial charge < -0.3 is 19.6 Å². The molecular formula is C21H25N2O4S+. The minimum atomic E-state index is -0.643. The summed E-state index contributed by atoms with van der Waals surface area (Å²) in [5.41, 5.74) is 0.592. The van der Waals surface area contributed by atoms with Crippen LogP contribution in [0, 0.1) is 0 Å². The quantitative estimate of drug-likeness (QED) is 0.421. The molecule has 1 atom stereocenters. The lowest BCUT2D eigenvalue weighted by atomic mass is 9.99. The number of aliphatic hydroxyl groups is 1. The largest absolute Gasteiger partial charge is 0.507 e. The van der Waals surface area contributed by atoms with E-state index in [1.807, 2.05) is 31.6 Å². The van der Waals surface area contributed by atoms with Gasteiger partial charge in [-0.05, 0) is 23.6 Å². The molecule has 1 amide bonds. The van der Waals surface area contributed by atoms with Crippen LogP contribution in [-0.4, -0.2) is 56.0 Å². The number of methoxy groups -OCH3 is 1. The van der Waals surface area contributed by atoms with Crippen LogP contribution in [0.2, 0.25) is 0 Å². The second kappa shape index (κ2) is 8.58. The number of Topliss-reactive ketones (excluding diaryl/α,β-unsaturated/α-hetero) is 1. The molecule has 0 bridgehead atoms. The molecule has 1 aliphatic rings. The Balaban J connectivity index is 2.04. The van der Waals surface area contributed by atoms with Crippen LogP contribution in [0.15, 0.2) is 47.4 Å². The van der Waals surface area contributed by atoms with Crippen molar-refractivity contribution in [1.82, 2.24) is 4.90 Å². The maximum Gasteiger partial charge on any atom is 0.295 e.